The number of nitro groups is 1. The van der Waals surface area contributed by atoms with Crippen molar-refractivity contribution >= 4 is 11.9 Å². The third-order valence-corrected chi connectivity index (χ3v) is 5.44. The van der Waals surface area contributed by atoms with Gasteiger partial charge in [-0.05, 0) is 36.1 Å². The Hall–Kier alpha value is -3.51. The van der Waals surface area contributed by atoms with E-state index in [0.29, 0.717) is 31.7 Å². The number of hydrogen-bond donors (Lipinski definition) is 0. The van der Waals surface area contributed by atoms with Crippen LogP contribution in [0.1, 0.15) is 25.3 Å². The SMILES string of the molecule is CC1(COC(=O)N2CCC(Oc3ccc(C(F)(F)F)cc3)CC2)Cn2cc([N+](=O)[O-])nc2O1. The zero-order chi connectivity index (χ0) is 23.8. The van der Waals surface area contributed by atoms with E-state index >= 15 is 0 Å². The van der Waals surface area contributed by atoms with Crippen LogP contribution in [0, 0.1) is 10.1 Å². The molecule has 1 aromatic heterocycles. The van der Waals surface area contributed by atoms with E-state index in [1.54, 1.807) is 6.92 Å². The number of alkyl halides is 3. The number of halogens is 3. The summed E-state index contributed by atoms with van der Waals surface area (Å²) < 4.78 is 56.2. The molecule has 0 spiro atoms. The third kappa shape index (κ3) is 5.12. The number of likely N-dealkylation sites (tertiary alicyclic amines) is 1. The lowest BCUT2D eigenvalue weighted by molar-refractivity contribution is -0.389. The van der Waals surface area contributed by atoms with Gasteiger partial charge in [-0.15, -0.1) is 0 Å². The summed E-state index contributed by atoms with van der Waals surface area (Å²) in [5.41, 5.74) is -1.63. The Balaban J connectivity index is 1.22. The molecule has 1 saturated heterocycles. The van der Waals surface area contributed by atoms with Gasteiger partial charge in [-0.3, -0.25) is 4.57 Å². The summed E-state index contributed by atoms with van der Waals surface area (Å²) in [6.45, 7) is 2.64. The van der Waals surface area contributed by atoms with Crippen LogP contribution in [0.3, 0.4) is 0 Å². The van der Waals surface area contributed by atoms with Gasteiger partial charge in [-0.25, -0.2) is 4.79 Å². The van der Waals surface area contributed by atoms with E-state index in [4.69, 9.17) is 14.2 Å². The second-order valence-corrected chi connectivity index (χ2v) is 8.20. The highest BCUT2D eigenvalue weighted by Gasteiger charge is 2.42. The van der Waals surface area contributed by atoms with Crippen molar-refractivity contribution in [1.82, 2.24) is 14.5 Å². The molecular formula is C20H21F3N4O6. The maximum Gasteiger partial charge on any atom is 0.416 e. The number of benzene rings is 1. The van der Waals surface area contributed by atoms with Gasteiger partial charge in [0.25, 0.3) is 0 Å². The van der Waals surface area contributed by atoms with Gasteiger partial charge in [-0.2, -0.15) is 13.2 Å². The average molecular weight is 470 g/mol. The number of carbonyl (C=O) groups is 1. The molecule has 3 heterocycles. The minimum absolute atomic E-state index is 0.0645. The van der Waals surface area contributed by atoms with Gasteiger partial charge in [0.05, 0.1) is 12.1 Å². The molecular weight excluding hydrogens is 449 g/mol. The van der Waals surface area contributed by atoms with Crippen LogP contribution < -0.4 is 9.47 Å². The number of nitrogens with zero attached hydrogens (tertiary/aromatic N) is 4. The second-order valence-electron chi connectivity index (χ2n) is 8.20. The molecule has 0 aliphatic carbocycles. The molecule has 1 amide bonds. The van der Waals surface area contributed by atoms with Gasteiger partial charge in [0.1, 0.15) is 24.7 Å². The Morgan fingerprint density at radius 3 is 2.55 bits per heavy atom. The van der Waals surface area contributed by atoms with Crippen molar-refractivity contribution < 1.29 is 37.1 Å². The van der Waals surface area contributed by atoms with Gasteiger partial charge < -0.3 is 29.2 Å². The highest BCUT2D eigenvalue weighted by atomic mass is 19.4. The summed E-state index contributed by atoms with van der Waals surface area (Å²) in [7, 11) is 0. The number of fused-ring (bicyclic) bond motifs is 1. The Morgan fingerprint density at radius 1 is 1.30 bits per heavy atom. The molecule has 0 radical (unpaired) electrons. The van der Waals surface area contributed by atoms with E-state index < -0.39 is 28.4 Å². The Bertz CT molecular complexity index is 1010. The summed E-state index contributed by atoms with van der Waals surface area (Å²) in [6, 6.07) is 4.60. The Labute approximate surface area is 186 Å². The van der Waals surface area contributed by atoms with Crippen LogP contribution in [0.5, 0.6) is 11.8 Å². The molecule has 2 aliphatic rings. The molecule has 1 fully saturated rings. The van der Waals surface area contributed by atoms with E-state index in [2.05, 4.69) is 4.98 Å². The van der Waals surface area contributed by atoms with Crippen LogP contribution in [0.4, 0.5) is 23.8 Å². The van der Waals surface area contributed by atoms with Crippen molar-refractivity contribution in [2.24, 2.45) is 0 Å². The molecule has 0 saturated carbocycles. The predicted molar refractivity (Wildman–Crippen MR) is 106 cm³/mol. The molecule has 0 bridgehead atoms. The number of carbonyl (C=O) groups excluding carboxylic acids is 1. The van der Waals surface area contributed by atoms with Crippen LogP contribution in [-0.4, -0.2) is 56.9 Å². The van der Waals surface area contributed by atoms with Crippen LogP contribution in [0.2, 0.25) is 0 Å². The predicted octanol–water partition coefficient (Wildman–Crippen LogP) is 3.64. The number of aromatic nitrogens is 2. The first-order chi connectivity index (χ1) is 15.5. The number of imidazole rings is 1. The molecule has 4 rings (SSSR count). The Kier molecular flexibility index (Phi) is 5.80. The first-order valence-corrected chi connectivity index (χ1v) is 10.2. The molecule has 1 aromatic carbocycles. The Morgan fingerprint density at radius 2 is 1.97 bits per heavy atom. The number of amides is 1. The summed E-state index contributed by atoms with van der Waals surface area (Å²) in [6.07, 6.45) is -2.88. The van der Waals surface area contributed by atoms with E-state index in [9.17, 15) is 28.1 Å². The summed E-state index contributed by atoms with van der Waals surface area (Å²) in [5, 5.41) is 10.8. The zero-order valence-electron chi connectivity index (χ0n) is 17.6. The molecule has 0 N–H and O–H groups in total. The van der Waals surface area contributed by atoms with E-state index in [0.717, 1.165) is 12.1 Å². The van der Waals surface area contributed by atoms with Gasteiger partial charge in [-0.1, -0.05) is 0 Å². The third-order valence-electron chi connectivity index (χ3n) is 5.44. The molecule has 33 heavy (non-hydrogen) atoms. The highest BCUT2D eigenvalue weighted by Crippen LogP contribution is 2.32. The number of piperidine rings is 1. The monoisotopic (exact) mass is 470 g/mol. The average Bonchev–Trinajstić information content (AvgIpc) is 3.28. The minimum atomic E-state index is -4.40. The first-order valence-electron chi connectivity index (χ1n) is 10.2. The van der Waals surface area contributed by atoms with Crippen LogP contribution in [0.15, 0.2) is 30.5 Å². The van der Waals surface area contributed by atoms with Crippen molar-refractivity contribution in [2.45, 2.75) is 44.2 Å². The van der Waals surface area contributed by atoms with E-state index in [-0.39, 0.29) is 31.1 Å². The van der Waals surface area contributed by atoms with Crippen LogP contribution in [-0.2, 0) is 17.5 Å². The molecule has 2 aliphatic heterocycles. The van der Waals surface area contributed by atoms with Crippen molar-refractivity contribution in [1.29, 1.82) is 0 Å². The molecule has 13 heteroatoms. The normalized spacial score (nSPS) is 20.8. The molecule has 1 atom stereocenters. The lowest BCUT2D eigenvalue weighted by Crippen LogP contribution is -2.45. The van der Waals surface area contributed by atoms with E-state index in [1.807, 2.05) is 0 Å². The molecule has 2 aromatic rings. The van der Waals surface area contributed by atoms with Crippen molar-refractivity contribution in [3.63, 3.8) is 0 Å². The van der Waals surface area contributed by atoms with E-state index in [1.165, 1.54) is 27.8 Å². The fourth-order valence-electron chi connectivity index (χ4n) is 3.73. The smallest absolute Gasteiger partial charge is 0.416 e. The minimum Gasteiger partial charge on any atom is -0.490 e. The fraction of sp³-hybridized carbons (Fsp3) is 0.500. The fourth-order valence-corrected chi connectivity index (χ4v) is 3.73. The number of ether oxygens (including phenoxy) is 3. The lowest BCUT2D eigenvalue weighted by Gasteiger charge is -2.32. The van der Waals surface area contributed by atoms with Crippen molar-refractivity contribution in [3.8, 4) is 11.8 Å². The quantitative estimate of drug-likeness (QED) is 0.485. The molecule has 1 unspecified atom stereocenters. The standard InChI is InChI=1S/C20H21F3N4O6/c1-19(11-26-10-16(27(29)30)24-17(26)33-19)12-31-18(28)25-8-6-15(7-9-25)32-14-4-2-13(3-5-14)20(21,22)23/h2-5,10,15H,6-9,11-12H2,1H3. The van der Waals surface area contributed by atoms with Crippen molar-refractivity contribution in [2.75, 3.05) is 19.7 Å². The van der Waals surface area contributed by atoms with Crippen LogP contribution in [0.25, 0.3) is 0 Å². The largest absolute Gasteiger partial charge is 0.490 e. The maximum atomic E-state index is 12.7. The van der Waals surface area contributed by atoms with Crippen LogP contribution >= 0.6 is 0 Å². The van der Waals surface area contributed by atoms with Gasteiger partial charge in [0.15, 0.2) is 5.60 Å². The second kappa shape index (κ2) is 8.45. The molecule has 10 nitrogen and oxygen atoms in total. The first kappa shape index (κ1) is 22.7. The van der Waals surface area contributed by atoms with Gasteiger partial charge in [0, 0.05) is 30.9 Å². The maximum absolute atomic E-state index is 12.7. The number of rotatable bonds is 5. The summed E-state index contributed by atoms with van der Waals surface area (Å²) >= 11 is 0. The van der Waals surface area contributed by atoms with Crippen molar-refractivity contribution in [3.05, 3.63) is 46.1 Å². The summed E-state index contributed by atoms with van der Waals surface area (Å²) in [5.74, 6) is 0.0264. The van der Waals surface area contributed by atoms with Gasteiger partial charge >= 0.3 is 24.1 Å². The lowest BCUT2D eigenvalue weighted by atomic mass is 10.1. The zero-order valence-corrected chi connectivity index (χ0v) is 17.6. The molecule has 178 valence electrons. The van der Waals surface area contributed by atoms with Gasteiger partial charge in [0.2, 0.25) is 0 Å². The topological polar surface area (TPSA) is 109 Å². The summed E-state index contributed by atoms with van der Waals surface area (Å²) in [4.78, 5) is 27.9. The number of hydrogen-bond acceptors (Lipinski definition) is 7. The highest BCUT2D eigenvalue weighted by molar-refractivity contribution is 5.67.